The molecule has 3 rings (SSSR count). The van der Waals surface area contributed by atoms with E-state index in [4.69, 9.17) is 11.6 Å². The largest absolute Gasteiger partial charge is 0.305 e. The van der Waals surface area contributed by atoms with Crippen molar-refractivity contribution in [1.29, 1.82) is 0 Å². The average molecular weight is 289 g/mol. The third kappa shape index (κ3) is 2.45. The van der Waals surface area contributed by atoms with Gasteiger partial charge < -0.3 is 4.98 Å². The second kappa shape index (κ2) is 4.99. The van der Waals surface area contributed by atoms with E-state index >= 15 is 0 Å². The number of para-hydroxylation sites is 1. The summed E-state index contributed by atoms with van der Waals surface area (Å²) in [7, 11) is 0. The maximum Gasteiger partial charge on any atom is 0.259 e. The fourth-order valence-electron chi connectivity index (χ4n) is 1.77. The number of benzene rings is 1. The number of hydrogen-bond donors (Lipinski definition) is 1. The zero-order valence-electron chi connectivity index (χ0n) is 9.76. The zero-order valence-corrected chi connectivity index (χ0v) is 11.3. The van der Waals surface area contributed by atoms with Gasteiger partial charge in [0.2, 0.25) is 0 Å². The van der Waals surface area contributed by atoms with Crippen LogP contribution >= 0.6 is 22.9 Å². The first-order chi connectivity index (χ1) is 9.24. The van der Waals surface area contributed by atoms with Gasteiger partial charge in [-0.3, -0.25) is 4.79 Å². The lowest BCUT2D eigenvalue weighted by molar-refractivity contribution is 1.14. The van der Waals surface area contributed by atoms with Crippen LogP contribution in [0.25, 0.3) is 22.0 Å². The smallest absolute Gasteiger partial charge is 0.259 e. The molecule has 0 aliphatic carbocycles. The summed E-state index contributed by atoms with van der Waals surface area (Å²) in [5.74, 6) is 0.386. The molecule has 5 heteroatoms. The van der Waals surface area contributed by atoms with Gasteiger partial charge in [-0.25, -0.2) is 4.98 Å². The van der Waals surface area contributed by atoms with Crippen molar-refractivity contribution >= 4 is 44.9 Å². The summed E-state index contributed by atoms with van der Waals surface area (Å²) in [5.41, 5.74) is 1.45. The van der Waals surface area contributed by atoms with Crippen LogP contribution in [-0.2, 0) is 0 Å². The molecule has 0 radical (unpaired) electrons. The second-order valence-corrected chi connectivity index (χ2v) is 5.17. The van der Waals surface area contributed by atoms with E-state index in [1.54, 1.807) is 29.5 Å². The molecule has 0 aliphatic rings. The molecular weight excluding hydrogens is 280 g/mol. The molecule has 0 spiro atoms. The van der Waals surface area contributed by atoms with Crippen molar-refractivity contribution < 1.29 is 0 Å². The third-order valence-corrected chi connectivity index (χ3v) is 3.67. The summed E-state index contributed by atoms with van der Waals surface area (Å²) in [6.07, 6.45) is 1.78. The van der Waals surface area contributed by atoms with Crippen molar-refractivity contribution in [3.63, 3.8) is 0 Å². The van der Waals surface area contributed by atoms with Crippen LogP contribution in [0.4, 0.5) is 0 Å². The first-order valence-corrected chi connectivity index (χ1v) is 6.95. The van der Waals surface area contributed by atoms with Crippen molar-refractivity contribution in [3.8, 4) is 0 Å². The van der Waals surface area contributed by atoms with E-state index in [0.717, 1.165) is 5.56 Å². The van der Waals surface area contributed by atoms with E-state index in [1.807, 2.05) is 29.0 Å². The lowest BCUT2D eigenvalue weighted by atomic mass is 10.2. The maximum absolute atomic E-state index is 11.9. The highest BCUT2D eigenvalue weighted by molar-refractivity contribution is 7.08. The number of rotatable bonds is 2. The van der Waals surface area contributed by atoms with E-state index in [0.29, 0.717) is 21.8 Å². The van der Waals surface area contributed by atoms with Crippen LogP contribution in [0.3, 0.4) is 0 Å². The quantitative estimate of drug-likeness (QED) is 0.781. The molecule has 3 aromatic rings. The van der Waals surface area contributed by atoms with Crippen LogP contribution in [0, 0.1) is 0 Å². The number of aromatic amines is 1. The monoisotopic (exact) mass is 288 g/mol. The molecule has 94 valence electrons. The summed E-state index contributed by atoms with van der Waals surface area (Å²) < 4.78 is 0. The standard InChI is InChI=1S/C14H9ClN2OS/c15-11(7-9-5-6-19-8-9)13-16-12-4-2-1-3-10(12)14(18)17-13/h1-8H,(H,16,17,18). The minimum absolute atomic E-state index is 0.183. The Balaban J connectivity index is 2.13. The summed E-state index contributed by atoms with van der Waals surface area (Å²) in [6.45, 7) is 0. The van der Waals surface area contributed by atoms with Crippen molar-refractivity contribution in [2.45, 2.75) is 0 Å². The van der Waals surface area contributed by atoms with Gasteiger partial charge in [0.25, 0.3) is 5.56 Å². The minimum Gasteiger partial charge on any atom is -0.305 e. The maximum atomic E-state index is 11.9. The Hall–Kier alpha value is -1.91. The predicted molar refractivity (Wildman–Crippen MR) is 80.4 cm³/mol. The topological polar surface area (TPSA) is 45.8 Å². The number of fused-ring (bicyclic) bond motifs is 1. The van der Waals surface area contributed by atoms with E-state index in [2.05, 4.69) is 9.97 Å². The molecule has 0 aliphatic heterocycles. The number of hydrogen-bond acceptors (Lipinski definition) is 3. The van der Waals surface area contributed by atoms with Crippen molar-refractivity contribution in [2.24, 2.45) is 0 Å². The number of H-pyrrole nitrogens is 1. The van der Waals surface area contributed by atoms with Crippen molar-refractivity contribution in [1.82, 2.24) is 9.97 Å². The Bertz CT molecular complexity index is 806. The fourth-order valence-corrected chi connectivity index (χ4v) is 2.60. The number of nitrogens with one attached hydrogen (secondary N) is 1. The number of thiophene rings is 1. The first kappa shape index (κ1) is 12.1. The summed E-state index contributed by atoms with van der Waals surface area (Å²) >= 11 is 7.79. The Labute approximate surface area is 118 Å². The van der Waals surface area contributed by atoms with Gasteiger partial charge in [-0.1, -0.05) is 23.7 Å². The fraction of sp³-hybridized carbons (Fsp3) is 0. The molecule has 2 heterocycles. The van der Waals surface area contributed by atoms with Crippen LogP contribution < -0.4 is 5.56 Å². The summed E-state index contributed by atoms with van der Waals surface area (Å²) in [5, 5.41) is 4.92. The van der Waals surface area contributed by atoms with E-state index in [1.165, 1.54) is 0 Å². The highest BCUT2D eigenvalue weighted by atomic mass is 35.5. The van der Waals surface area contributed by atoms with Crippen molar-refractivity contribution in [2.75, 3.05) is 0 Å². The molecule has 0 saturated carbocycles. The van der Waals surface area contributed by atoms with Gasteiger partial charge in [-0.15, -0.1) is 0 Å². The van der Waals surface area contributed by atoms with Crippen molar-refractivity contribution in [3.05, 3.63) is 62.8 Å². The van der Waals surface area contributed by atoms with Gasteiger partial charge in [0.1, 0.15) is 0 Å². The number of halogens is 1. The highest BCUT2D eigenvalue weighted by Crippen LogP contribution is 2.20. The van der Waals surface area contributed by atoms with Gasteiger partial charge >= 0.3 is 0 Å². The lowest BCUT2D eigenvalue weighted by Crippen LogP contribution is -2.10. The molecule has 0 saturated heterocycles. The van der Waals surface area contributed by atoms with Gasteiger partial charge in [0.05, 0.1) is 15.9 Å². The zero-order chi connectivity index (χ0) is 13.2. The number of aromatic nitrogens is 2. The first-order valence-electron chi connectivity index (χ1n) is 5.63. The van der Waals surface area contributed by atoms with Gasteiger partial charge in [-0.2, -0.15) is 11.3 Å². The molecule has 1 N–H and O–H groups in total. The molecule has 0 amide bonds. The highest BCUT2D eigenvalue weighted by Gasteiger charge is 2.06. The molecule has 1 aromatic carbocycles. The van der Waals surface area contributed by atoms with Crippen LogP contribution in [0.15, 0.2) is 45.9 Å². The SMILES string of the molecule is O=c1[nH]c(C(Cl)=Cc2ccsc2)nc2ccccc12. The molecule has 19 heavy (non-hydrogen) atoms. The molecule has 2 aromatic heterocycles. The number of nitrogens with zero attached hydrogens (tertiary/aromatic N) is 1. The lowest BCUT2D eigenvalue weighted by Gasteiger charge is -2.01. The normalized spacial score (nSPS) is 11.9. The molecule has 0 atom stereocenters. The van der Waals surface area contributed by atoms with Gasteiger partial charge in [-0.05, 0) is 40.6 Å². The van der Waals surface area contributed by atoms with Gasteiger partial charge in [0.15, 0.2) is 5.82 Å². The Kier molecular flexibility index (Phi) is 3.19. The Morgan fingerprint density at radius 1 is 1.32 bits per heavy atom. The minimum atomic E-state index is -0.183. The van der Waals surface area contributed by atoms with Crippen LogP contribution in [0.2, 0.25) is 0 Å². The molecule has 0 bridgehead atoms. The van der Waals surface area contributed by atoms with E-state index in [-0.39, 0.29) is 5.56 Å². The molecular formula is C14H9ClN2OS. The van der Waals surface area contributed by atoms with E-state index in [9.17, 15) is 4.79 Å². The van der Waals surface area contributed by atoms with E-state index < -0.39 is 0 Å². The molecule has 3 nitrogen and oxygen atoms in total. The summed E-state index contributed by atoms with van der Waals surface area (Å²) in [4.78, 5) is 19.0. The average Bonchev–Trinajstić information content (AvgIpc) is 2.91. The Morgan fingerprint density at radius 2 is 2.16 bits per heavy atom. The van der Waals surface area contributed by atoms with Crippen LogP contribution in [-0.4, -0.2) is 9.97 Å². The van der Waals surface area contributed by atoms with Gasteiger partial charge in [0, 0.05) is 0 Å². The third-order valence-electron chi connectivity index (χ3n) is 2.68. The molecule has 0 unspecified atom stereocenters. The second-order valence-electron chi connectivity index (χ2n) is 3.98. The summed E-state index contributed by atoms with van der Waals surface area (Å²) in [6, 6.07) is 9.13. The van der Waals surface area contributed by atoms with Crippen LogP contribution in [0.5, 0.6) is 0 Å². The van der Waals surface area contributed by atoms with Crippen LogP contribution in [0.1, 0.15) is 11.4 Å². The molecule has 0 fully saturated rings. The predicted octanol–water partition coefficient (Wildman–Crippen LogP) is 3.72. The Morgan fingerprint density at radius 3 is 2.95 bits per heavy atom.